The Balaban J connectivity index is 3.76. The van der Waals surface area contributed by atoms with Crippen molar-refractivity contribution < 1.29 is 9.53 Å². The molecule has 0 aliphatic carbocycles. The van der Waals surface area contributed by atoms with Gasteiger partial charge in [0, 0.05) is 18.7 Å². The maximum Gasteiger partial charge on any atom is 0.330 e. The molecule has 0 saturated carbocycles. The molecular weight excluding hydrogens is 202 g/mol. The van der Waals surface area contributed by atoms with Crippen molar-refractivity contribution in [2.24, 2.45) is 5.92 Å². The highest BCUT2D eigenvalue weighted by molar-refractivity contribution is 5.81. The first-order valence-corrected chi connectivity index (χ1v) is 6.22. The molecule has 0 saturated heterocycles. The molecule has 0 spiro atoms. The van der Waals surface area contributed by atoms with E-state index in [0.29, 0.717) is 18.6 Å². The average Bonchev–Trinajstić information content (AvgIpc) is 2.26. The van der Waals surface area contributed by atoms with Crippen LogP contribution in [-0.2, 0) is 9.53 Å². The molecule has 0 radical (unpaired) electrons. The van der Waals surface area contributed by atoms with Crippen LogP contribution >= 0.6 is 0 Å². The van der Waals surface area contributed by atoms with Gasteiger partial charge >= 0.3 is 5.97 Å². The second-order valence-electron chi connectivity index (χ2n) is 3.93. The van der Waals surface area contributed by atoms with Crippen LogP contribution in [0.15, 0.2) is 12.2 Å². The maximum absolute atomic E-state index is 11.0. The Hall–Kier alpha value is -0.830. The summed E-state index contributed by atoms with van der Waals surface area (Å²) in [7, 11) is 0. The number of nitrogens with one attached hydrogen (secondary N) is 1. The van der Waals surface area contributed by atoms with Crippen LogP contribution in [0.25, 0.3) is 0 Å². The molecule has 1 N–H and O–H groups in total. The molecule has 0 fully saturated rings. The normalized spacial score (nSPS) is 13.3. The van der Waals surface area contributed by atoms with Crippen molar-refractivity contribution in [3.05, 3.63) is 12.2 Å². The summed E-state index contributed by atoms with van der Waals surface area (Å²) in [5, 5.41) is 3.39. The predicted molar refractivity (Wildman–Crippen MR) is 67.3 cm³/mol. The van der Waals surface area contributed by atoms with Gasteiger partial charge in [-0.25, -0.2) is 4.79 Å². The van der Waals surface area contributed by atoms with E-state index in [1.807, 2.05) is 6.08 Å². The van der Waals surface area contributed by atoms with E-state index >= 15 is 0 Å². The molecule has 0 aliphatic rings. The Morgan fingerprint density at radius 3 is 2.44 bits per heavy atom. The average molecular weight is 227 g/mol. The molecule has 0 bridgehead atoms. The van der Waals surface area contributed by atoms with Gasteiger partial charge in [0.15, 0.2) is 0 Å². The van der Waals surface area contributed by atoms with E-state index in [4.69, 9.17) is 4.74 Å². The molecule has 0 rings (SSSR count). The second-order valence-corrected chi connectivity index (χ2v) is 3.93. The van der Waals surface area contributed by atoms with Crippen LogP contribution in [0, 0.1) is 5.92 Å². The van der Waals surface area contributed by atoms with E-state index in [1.54, 1.807) is 6.92 Å². The zero-order valence-corrected chi connectivity index (χ0v) is 11.0. The smallest absolute Gasteiger partial charge is 0.330 e. The monoisotopic (exact) mass is 227 g/mol. The quantitative estimate of drug-likeness (QED) is 0.511. The van der Waals surface area contributed by atoms with Gasteiger partial charge in [-0.1, -0.05) is 32.8 Å². The minimum atomic E-state index is -0.264. The molecule has 3 nitrogen and oxygen atoms in total. The van der Waals surface area contributed by atoms with Crippen molar-refractivity contribution in [2.45, 2.75) is 46.6 Å². The topological polar surface area (TPSA) is 38.3 Å². The number of rotatable bonds is 8. The van der Waals surface area contributed by atoms with Crippen LogP contribution in [0.3, 0.4) is 0 Å². The minimum absolute atomic E-state index is 0.264. The summed E-state index contributed by atoms with van der Waals surface area (Å²) < 4.78 is 4.79. The zero-order valence-electron chi connectivity index (χ0n) is 11.0. The number of esters is 1. The molecule has 94 valence electrons. The summed E-state index contributed by atoms with van der Waals surface area (Å²) in [6.07, 6.45) is 5.67. The van der Waals surface area contributed by atoms with E-state index < -0.39 is 0 Å². The predicted octanol–water partition coefficient (Wildman–Crippen LogP) is 2.52. The number of ether oxygens (including phenoxy) is 1. The molecule has 1 unspecified atom stereocenters. The Kier molecular flexibility index (Phi) is 8.91. The molecule has 0 heterocycles. The van der Waals surface area contributed by atoms with Crippen LogP contribution in [0.4, 0.5) is 0 Å². The highest BCUT2D eigenvalue weighted by Crippen LogP contribution is 2.12. The van der Waals surface area contributed by atoms with E-state index in [1.165, 1.54) is 18.9 Å². The first-order chi connectivity index (χ1) is 7.65. The number of carbonyl (C=O) groups is 1. The highest BCUT2D eigenvalue weighted by atomic mass is 16.5. The summed E-state index contributed by atoms with van der Waals surface area (Å²) in [6.45, 7) is 9.56. The first-order valence-electron chi connectivity index (χ1n) is 6.22. The summed E-state index contributed by atoms with van der Waals surface area (Å²) >= 11 is 0. The SMILES string of the molecule is CCOC(=O)/C=C/CNC(C)C(CC)CC. The van der Waals surface area contributed by atoms with Crippen LogP contribution in [0.5, 0.6) is 0 Å². The lowest BCUT2D eigenvalue weighted by Crippen LogP contribution is -2.33. The van der Waals surface area contributed by atoms with Gasteiger partial charge in [0.1, 0.15) is 0 Å². The van der Waals surface area contributed by atoms with Crippen molar-refractivity contribution in [1.29, 1.82) is 0 Å². The van der Waals surface area contributed by atoms with Gasteiger partial charge in [-0.15, -0.1) is 0 Å². The molecule has 0 aromatic carbocycles. The van der Waals surface area contributed by atoms with Crippen molar-refractivity contribution in [3.63, 3.8) is 0 Å². The Morgan fingerprint density at radius 1 is 1.31 bits per heavy atom. The molecule has 3 heteroatoms. The fraction of sp³-hybridized carbons (Fsp3) is 0.769. The van der Waals surface area contributed by atoms with E-state index in [-0.39, 0.29) is 5.97 Å². The lowest BCUT2D eigenvalue weighted by molar-refractivity contribution is -0.137. The van der Waals surface area contributed by atoms with E-state index in [9.17, 15) is 4.79 Å². The van der Waals surface area contributed by atoms with Crippen molar-refractivity contribution in [2.75, 3.05) is 13.2 Å². The van der Waals surface area contributed by atoms with Crippen molar-refractivity contribution in [3.8, 4) is 0 Å². The third-order valence-corrected chi connectivity index (χ3v) is 2.85. The van der Waals surface area contributed by atoms with Gasteiger partial charge < -0.3 is 10.1 Å². The lowest BCUT2D eigenvalue weighted by Gasteiger charge is -2.21. The van der Waals surface area contributed by atoms with Gasteiger partial charge in [0.25, 0.3) is 0 Å². The molecule has 0 aliphatic heterocycles. The van der Waals surface area contributed by atoms with Crippen molar-refractivity contribution >= 4 is 5.97 Å². The van der Waals surface area contributed by atoms with Crippen LogP contribution in [-0.4, -0.2) is 25.2 Å². The van der Waals surface area contributed by atoms with Gasteiger partial charge in [-0.2, -0.15) is 0 Å². The van der Waals surface area contributed by atoms with Gasteiger partial charge in [-0.3, -0.25) is 0 Å². The van der Waals surface area contributed by atoms with E-state index in [0.717, 1.165) is 6.54 Å². The van der Waals surface area contributed by atoms with Crippen LogP contribution < -0.4 is 5.32 Å². The third-order valence-electron chi connectivity index (χ3n) is 2.85. The fourth-order valence-electron chi connectivity index (χ4n) is 1.76. The summed E-state index contributed by atoms with van der Waals surface area (Å²) in [6, 6.07) is 0.488. The molecule has 0 amide bonds. The van der Waals surface area contributed by atoms with Gasteiger partial charge in [-0.05, 0) is 19.8 Å². The summed E-state index contributed by atoms with van der Waals surface area (Å²) in [5.41, 5.74) is 0. The van der Waals surface area contributed by atoms with Crippen LogP contribution in [0.1, 0.15) is 40.5 Å². The second kappa shape index (κ2) is 9.40. The number of hydrogen-bond donors (Lipinski definition) is 1. The van der Waals surface area contributed by atoms with Crippen molar-refractivity contribution in [1.82, 2.24) is 5.32 Å². The zero-order chi connectivity index (χ0) is 12.4. The lowest BCUT2D eigenvalue weighted by atomic mass is 9.95. The molecule has 0 aromatic heterocycles. The Morgan fingerprint density at radius 2 is 1.94 bits per heavy atom. The van der Waals surface area contributed by atoms with Gasteiger partial charge in [0.2, 0.25) is 0 Å². The third kappa shape index (κ3) is 6.62. The largest absolute Gasteiger partial charge is 0.463 e. The molecule has 0 aromatic rings. The summed E-state index contributed by atoms with van der Waals surface area (Å²) in [4.78, 5) is 11.0. The first kappa shape index (κ1) is 15.2. The maximum atomic E-state index is 11.0. The number of carbonyl (C=O) groups excluding carboxylic acids is 1. The highest BCUT2D eigenvalue weighted by Gasteiger charge is 2.11. The molecular formula is C13H25NO2. The number of hydrogen-bond acceptors (Lipinski definition) is 3. The summed E-state index contributed by atoms with van der Waals surface area (Å²) in [5.74, 6) is 0.440. The van der Waals surface area contributed by atoms with Gasteiger partial charge in [0.05, 0.1) is 6.61 Å². The molecule has 1 atom stereocenters. The standard InChI is InChI=1S/C13H25NO2/c1-5-12(6-2)11(4)14-10-8-9-13(15)16-7-3/h8-9,11-12,14H,5-7,10H2,1-4H3/b9-8+. The Bertz CT molecular complexity index is 210. The fourth-order valence-corrected chi connectivity index (χ4v) is 1.76. The minimum Gasteiger partial charge on any atom is -0.463 e. The Labute approximate surface area is 99.3 Å². The molecule has 16 heavy (non-hydrogen) atoms. The van der Waals surface area contributed by atoms with E-state index in [2.05, 4.69) is 26.1 Å². The van der Waals surface area contributed by atoms with Crippen LogP contribution in [0.2, 0.25) is 0 Å².